The van der Waals surface area contributed by atoms with Gasteiger partial charge in [-0.05, 0) is 97.8 Å². The molecule has 0 aliphatic carbocycles. The number of amides is 4. The highest BCUT2D eigenvalue weighted by Gasteiger charge is 2.31. The lowest BCUT2D eigenvalue weighted by Gasteiger charge is -2.18. The van der Waals surface area contributed by atoms with Crippen molar-refractivity contribution in [1.29, 1.82) is 0 Å². The second-order valence-electron chi connectivity index (χ2n) is 13.4. The minimum absolute atomic E-state index is 0.00174. The molecule has 0 saturated carbocycles. The van der Waals surface area contributed by atoms with E-state index in [4.69, 9.17) is 4.74 Å². The summed E-state index contributed by atoms with van der Waals surface area (Å²) in [6.07, 6.45) is 3.82. The van der Waals surface area contributed by atoms with Crippen molar-refractivity contribution in [3.05, 3.63) is 131 Å². The van der Waals surface area contributed by atoms with E-state index in [0.717, 1.165) is 58.6 Å². The maximum atomic E-state index is 13.3. The lowest BCUT2D eigenvalue weighted by Crippen LogP contribution is -2.27. The third-order valence-electron chi connectivity index (χ3n) is 10.0. The molecule has 0 atom stereocenters. The highest BCUT2D eigenvalue weighted by Crippen LogP contribution is 2.42. The molecule has 2 aliphatic rings. The number of nitrogens with one attached hydrogen (secondary N) is 2. The van der Waals surface area contributed by atoms with E-state index in [1.165, 1.54) is 0 Å². The molecule has 0 fully saturated rings. The van der Waals surface area contributed by atoms with Crippen molar-refractivity contribution in [2.24, 2.45) is 0 Å². The summed E-state index contributed by atoms with van der Waals surface area (Å²) in [7, 11) is 0. The fraction of sp³-hybridized carbons (Fsp3) is 0.182. The molecule has 0 radical (unpaired) electrons. The van der Waals surface area contributed by atoms with Gasteiger partial charge in [-0.2, -0.15) is 0 Å². The third-order valence-corrected chi connectivity index (χ3v) is 10.0. The molecule has 0 aromatic heterocycles. The number of rotatable bonds is 12. The topological polar surface area (TPSA) is 108 Å². The summed E-state index contributed by atoms with van der Waals surface area (Å²) in [5.74, 6) is 0.507. The Bertz CT molecular complexity index is 2270. The zero-order chi connectivity index (χ0) is 36.6. The lowest BCUT2D eigenvalue weighted by atomic mass is 10.0. The van der Waals surface area contributed by atoms with Crippen molar-refractivity contribution >= 4 is 67.9 Å². The minimum atomic E-state index is -0.277. The van der Waals surface area contributed by atoms with Crippen LogP contribution in [-0.2, 0) is 0 Å². The average molecular weight is 703 g/mol. The normalized spacial score (nSPS) is 12.9. The molecule has 264 valence electrons. The predicted octanol–water partition coefficient (Wildman–Crippen LogP) is 9.81. The van der Waals surface area contributed by atoms with Gasteiger partial charge in [0.25, 0.3) is 23.6 Å². The van der Waals surface area contributed by atoms with Crippen molar-refractivity contribution in [2.45, 2.75) is 39.5 Å². The molecule has 8 rings (SSSR count). The molecule has 0 unspecified atom stereocenters. The first-order valence-corrected chi connectivity index (χ1v) is 18.1. The Labute approximate surface area is 307 Å². The van der Waals surface area contributed by atoms with E-state index in [9.17, 15) is 19.2 Å². The van der Waals surface area contributed by atoms with E-state index in [1.54, 1.807) is 48.5 Å². The van der Waals surface area contributed by atoms with Crippen LogP contribution in [0.4, 0.5) is 22.7 Å². The van der Waals surface area contributed by atoms with Gasteiger partial charge >= 0.3 is 0 Å². The van der Waals surface area contributed by atoms with Gasteiger partial charge in [0.1, 0.15) is 11.5 Å². The van der Waals surface area contributed by atoms with E-state index in [0.29, 0.717) is 58.2 Å². The van der Waals surface area contributed by atoms with Crippen molar-refractivity contribution in [1.82, 2.24) is 0 Å². The van der Waals surface area contributed by atoms with Crippen molar-refractivity contribution in [3.8, 4) is 11.5 Å². The highest BCUT2D eigenvalue weighted by molar-refractivity contribution is 6.28. The molecular weight excluding hydrogens is 665 g/mol. The smallest absolute Gasteiger partial charge is 0.258 e. The molecule has 9 nitrogen and oxygen atoms in total. The van der Waals surface area contributed by atoms with Crippen LogP contribution in [0.1, 0.15) is 81.0 Å². The van der Waals surface area contributed by atoms with Crippen LogP contribution in [0.15, 0.2) is 109 Å². The van der Waals surface area contributed by atoms with Crippen LogP contribution in [0.2, 0.25) is 0 Å². The number of carbonyl (C=O) groups is 4. The Morgan fingerprint density at radius 2 is 0.962 bits per heavy atom. The van der Waals surface area contributed by atoms with Gasteiger partial charge in [-0.15, -0.1) is 0 Å². The first-order valence-electron chi connectivity index (χ1n) is 18.1. The first-order chi connectivity index (χ1) is 25.9. The second-order valence-corrected chi connectivity index (χ2v) is 13.4. The van der Waals surface area contributed by atoms with E-state index < -0.39 is 0 Å². The number of ether oxygens (including phenoxy) is 1. The number of nitrogens with zero attached hydrogens (tertiary/aromatic N) is 2. The Morgan fingerprint density at radius 1 is 0.547 bits per heavy atom. The van der Waals surface area contributed by atoms with E-state index in [2.05, 4.69) is 24.5 Å². The summed E-state index contributed by atoms with van der Waals surface area (Å²) in [5.41, 5.74) is 5.27. The van der Waals surface area contributed by atoms with E-state index >= 15 is 0 Å². The predicted molar refractivity (Wildman–Crippen MR) is 210 cm³/mol. The fourth-order valence-electron chi connectivity index (χ4n) is 7.26. The van der Waals surface area contributed by atoms with Crippen LogP contribution in [-0.4, -0.2) is 36.7 Å². The molecule has 2 aliphatic heterocycles. The first kappa shape index (κ1) is 33.7. The summed E-state index contributed by atoms with van der Waals surface area (Å²) in [6.45, 7) is 5.53. The lowest BCUT2D eigenvalue weighted by molar-refractivity contribution is 0.0985. The maximum Gasteiger partial charge on any atom is 0.258 e. The standard InChI is InChI=1S/C44H38N4O5/c1-3-5-25-47-37-23-21-35(31-9-7-11-33(39(31)37)43(47)51)45-41(49)27-13-17-29(18-14-27)53-30-19-15-28(16-20-30)42(50)46-36-22-24-38-40-32(36)10-8-12-34(40)44(52)48(38)26-6-4-2/h7-24H,3-6,25-26H2,1-2H3,(H,45,49)(H,46,50). The molecule has 9 heteroatoms. The Morgan fingerprint density at radius 3 is 1.36 bits per heavy atom. The summed E-state index contributed by atoms with van der Waals surface area (Å²) in [4.78, 5) is 56.5. The number of anilines is 4. The molecule has 0 bridgehead atoms. The van der Waals surface area contributed by atoms with Crippen LogP contribution >= 0.6 is 0 Å². The summed E-state index contributed by atoms with van der Waals surface area (Å²) in [6, 6.07) is 32.4. The molecule has 53 heavy (non-hydrogen) atoms. The van der Waals surface area contributed by atoms with Gasteiger partial charge in [-0.3, -0.25) is 19.2 Å². The molecule has 0 spiro atoms. The minimum Gasteiger partial charge on any atom is -0.457 e. The Kier molecular flexibility index (Phi) is 8.84. The highest BCUT2D eigenvalue weighted by atomic mass is 16.5. The zero-order valence-electron chi connectivity index (χ0n) is 29.6. The molecule has 6 aromatic carbocycles. The van der Waals surface area contributed by atoms with Crippen LogP contribution in [0.3, 0.4) is 0 Å². The molecule has 2 heterocycles. The quantitative estimate of drug-likeness (QED) is 0.132. The van der Waals surface area contributed by atoms with Gasteiger partial charge in [-0.1, -0.05) is 51.0 Å². The van der Waals surface area contributed by atoms with E-state index in [-0.39, 0.29) is 23.6 Å². The summed E-state index contributed by atoms with van der Waals surface area (Å²) >= 11 is 0. The molecule has 2 N–H and O–H groups in total. The van der Waals surface area contributed by atoms with E-state index in [1.807, 2.05) is 70.5 Å². The molecule has 4 amide bonds. The average Bonchev–Trinajstić information content (AvgIpc) is 3.62. The van der Waals surface area contributed by atoms with Crippen molar-refractivity contribution in [2.75, 3.05) is 33.5 Å². The number of unbranched alkanes of at least 4 members (excludes halogenated alkanes) is 2. The summed E-state index contributed by atoms with van der Waals surface area (Å²) < 4.78 is 6.03. The van der Waals surface area contributed by atoms with Gasteiger partial charge in [0.05, 0.1) is 11.4 Å². The van der Waals surface area contributed by atoms with Crippen LogP contribution in [0.5, 0.6) is 11.5 Å². The van der Waals surface area contributed by atoms with Gasteiger partial charge in [0.2, 0.25) is 0 Å². The van der Waals surface area contributed by atoms with Gasteiger partial charge in [0.15, 0.2) is 0 Å². The van der Waals surface area contributed by atoms with Crippen LogP contribution in [0.25, 0.3) is 21.5 Å². The van der Waals surface area contributed by atoms with Crippen molar-refractivity contribution in [3.63, 3.8) is 0 Å². The third kappa shape index (κ3) is 6.04. The molecule has 0 saturated heterocycles. The Balaban J connectivity index is 0.923. The number of hydrogen-bond acceptors (Lipinski definition) is 5. The second kappa shape index (κ2) is 13.9. The van der Waals surface area contributed by atoms with Gasteiger partial charge in [-0.25, -0.2) is 0 Å². The zero-order valence-corrected chi connectivity index (χ0v) is 29.6. The van der Waals surface area contributed by atoms with Crippen LogP contribution in [0, 0.1) is 0 Å². The number of hydrogen-bond donors (Lipinski definition) is 2. The molecular formula is C44H38N4O5. The SMILES string of the molecule is CCCCN1C(=O)c2cccc3c(NC(=O)c4ccc(Oc5ccc(C(=O)Nc6ccc7c8c(cccc68)C(=O)N7CCCC)cc5)cc4)ccc1c23. The van der Waals surface area contributed by atoms with Gasteiger partial charge < -0.3 is 25.2 Å². The largest absolute Gasteiger partial charge is 0.457 e. The van der Waals surface area contributed by atoms with Crippen LogP contribution < -0.4 is 25.2 Å². The summed E-state index contributed by atoms with van der Waals surface area (Å²) in [5, 5.41) is 9.44. The van der Waals surface area contributed by atoms with Gasteiger partial charge in [0, 0.05) is 68.3 Å². The number of benzene rings is 6. The number of carbonyl (C=O) groups excluding carboxylic acids is 4. The molecule has 6 aromatic rings. The Hall–Kier alpha value is -6.48. The monoisotopic (exact) mass is 702 g/mol. The fourth-order valence-corrected chi connectivity index (χ4v) is 7.26. The maximum absolute atomic E-state index is 13.3. The van der Waals surface area contributed by atoms with Crippen molar-refractivity contribution < 1.29 is 23.9 Å².